The van der Waals surface area contributed by atoms with Crippen LogP contribution in [0.25, 0.3) is 0 Å². The zero-order valence-corrected chi connectivity index (χ0v) is 13.1. The van der Waals surface area contributed by atoms with Gasteiger partial charge in [0.1, 0.15) is 11.1 Å². The van der Waals surface area contributed by atoms with Gasteiger partial charge >= 0.3 is 6.18 Å². The Hall–Kier alpha value is -1.15. The van der Waals surface area contributed by atoms with E-state index >= 15 is 0 Å². The van der Waals surface area contributed by atoms with E-state index in [4.69, 9.17) is 4.74 Å². The minimum absolute atomic E-state index is 0.0194. The van der Waals surface area contributed by atoms with Crippen LogP contribution in [0.4, 0.5) is 13.2 Å². The molecular weight excluding hydrogens is 353 g/mol. The van der Waals surface area contributed by atoms with Gasteiger partial charge < -0.3 is 9.64 Å². The molecule has 0 aliphatic rings. The number of amides is 1. The van der Waals surface area contributed by atoms with Gasteiger partial charge in [-0.25, -0.2) is 4.98 Å². The number of pyridine rings is 1. The third-order valence-electron chi connectivity index (χ3n) is 2.55. The van der Waals surface area contributed by atoms with E-state index in [2.05, 4.69) is 20.9 Å². The maximum Gasteiger partial charge on any atom is 0.406 e. The highest BCUT2D eigenvalue weighted by Gasteiger charge is 2.33. The van der Waals surface area contributed by atoms with Gasteiger partial charge in [-0.2, -0.15) is 13.2 Å². The first-order valence-corrected chi connectivity index (χ1v) is 7.18. The van der Waals surface area contributed by atoms with Crippen LogP contribution in [0, 0.1) is 0 Å². The van der Waals surface area contributed by atoms with E-state index in [1.54, 1.807) is 6.92 Å². The highest BCUT2D eigenvalue weighted by molar-refractivity contribution is 9.10. The van der Waals surface area contributed by atoms with Gasteiger partial charge in [0.25, 0.3) is 5.91 Å². The van der Waals surface area contributed by atoms with Crippen LogP contribution in [0.15, 0.2) is 22.9 Å². The van der Waals surface area contributed by atoms with Crippen LogP contribution in [0.1, 0.15) is 23.7 Å². The molecule has 0 saturated carbocycles. The Bertz CT molecular complexity index is 452. The third kappa shape index (κ3) is 6.90. The summed E-state index contributed by atoms with van der Waals surface area (Å²) in [6.07, 6.45) is -2.85. The van der Waals surface area contributed by atoms with E-state index in [0.717, 1.165) is 4.90 Å². The molecule has 1 aromatic heterocycles. The lowest BCUT2D eigenvalue weighted by atomic mass is 10.2. The highest BCUT2D eigenvalue weighted by Crippen LogP contribution is 2.18. The lowest BCUT2D eigenvalue weighted by Crippen LogP contribution is -2.40. The minimum atomic E-state index is -4.44. The third-order valence-corrected chi connectivity index (χ3v) is 3.02. The number of alkyl halides is 3. The summed E-state index contributed by atoms with van der Waals surface area (Å²) < 4.78 is 43.3. The Morgan fingerprint density at radius 1 is 1.43 bits per heavy atom. The molecule has 1 aromatic rings. The monoisotopic (exact) mass is 368 g/mol. The topological polar surface area (TPSA) is 42.4 Å². The molecule has 0 aliphatic carbocycles. The molecule has 4 nitrogen and oxygen atoms in total. The fourth-order valence-electron chi connectivity index (χ4n) is 1.66. The van der Waals surface area contributed by atoms with Crippen molar-refractivity contribution in [1.29, 1.82) is 0 Å². The van der Waals surface area contributed by atoms with E-state index in [1.807, 2.05) is 0 Å². The van der Waals surface area contributed by atoms with E-state index < -0.39 is 18.6 Å². The van der Waals surface area contributed by atoms with Gasteiger partial charge in [0.2, 0.25) is 0 Å². The quantitative estimate of drug-likeness (QED) is 0.547. The molecule has 0 N–H and O–H groups in total. The standard InChI is InChI=1S/C13H16BrF3N2O2/c1-2-21-7-3-6-19(9-13(15,16)17)12(20)10-4-5-11(14)18-8-10/h4-5,8H,2-3,6-7,9H2,1H3. The lowest BCUT2D eigenvalue weighted by molar-refractivity contribution is -0.141. The predicted molar refractivity (Wildman–Crippen MR) is 75.0 cm³/mol. The second kappa shape index (κ2) is 8.33. The molecule has 0 radical (unpaired) electrons. The normalized spacial score (nSPS) is 11.5. The molecule has 118 valence electrons. The summed E-state index contributed by atoms with van der Waals surface area (Å²) in [7, 11) is 0. The first-order chi connectivity index (χ1) is 9.83. The molecule has 0 saturated heterocycles. The van der Waals surface area contributed by atoms with Crippen LogP contribution in [-0.4, -0.2) is 48.3 Å². The van der Waals surface area contributed by atoms with Gasteiger partial charge in [0.15, 0.2) is 0 Å². The van der Waals surface area contributed by atoms with Crippen LogP contribution in [-0.2, 0) is 4.74 Å². The Morgan fingerprint density at radius 2 is 2.14 bits per heavy atom. The van der Waals surface area contributed by atoms with Crippen molar-refractivity contribution in [2.45, 2.75) is 19.5 Å². The van der Waals surface area contributed by atoms with E-state index in [-0.39, 0.29) is 12.1 Å². The number of hydrogen-bond acceptors (Lipinski definition) is 3. The molecule has 1 amide bonds. The maximum atomic E-state index is 12.6. The van der Waals surface area contributed by atoms with Crippen LogP contribution < -0.4 is 0 Å². The number of aromatic nitrogens is 1. The molecule has 0 aliphatic heterocycles. The summed E-state index contributed by atoms with van der Waals surface area (Å²) in [4.78, 5) is 16.7. The van der Waals surface area contributed by atoms with Crippen molar-refractivity contribution in [3.63, 3.8) is 0 Å². The molecule has 0 fully saturated rings. The van der Waals surface area contributed by atoms with E-state index in [0.29, 0.717) is 24.2 Å². The summed E-state index contributed by atoms with van der Waals surface area (Å²) in [5, 5.41) is 0. The number of rotatable bonds is 7. The van der Waals surface area contributed by atoms with Crippen molar-refractivity contribution in [3.8, 4) is 0 Å². The van der Waals surface area contributed by atoms with Gasteiger partial charge in [0.05, 0.1) is 5.56 Å². The predicted octanol–water partition coefficient (Wildman–Crippen LogP) is 3.28. The molecule has 0 atom stereocenters. The Labute approximate surface area is 129 Å². The van der Waals surface area contributed by atoms with Crippen LogP contribution in [0.2, 0.25) is 0 Å². The average Bonchev–Trinajstić information content (AvgIpc) is 2.41. The molecule has 0 unspecified atom stereocenters. The molecule has 0 bridgehead atoms. The van der Waals surface area contributed by atoms with Crippen molar-refractivity contribution in [2.75, 3.05) is 26.3 Å². The summed E-state index contributed by atoms with van der Waals surface area (Å²) in [5.41, 5.74) is 0.124. The smallest absolute Gasteiger partial charge is 0.382 e. The Balaban J connectivity index is 2.74. The van der Waals surface area contributed by atoms with Crippen LogP contribution >= 0.6 is 15.9 Å². The maximum absolute atomic E-state index is 12.6. The van der Waals surface area contributed by atoms with E-state index in [9.17, 15) is 18.0 Å². The molecule has 1 rings (SSSR count). The molecule has 0 spiro atoms. The van der Waals surface area contributed by atoms with Crippen molar-refractivity contribution >= 4 is 21.8 Å². The lowest BCUT2D eigenvalue weighted by Gasteiger charge is -2.24. The number of carbonyl (C=O) groups is 1. The zero-order valence-electron chi connectivity index (χ0n) is 11.5. The number of hydrogen-bond donors (Lipinski definition) is 0. The number of nitrogens with zero attached hydrogens (tertiary/aromatic N) is 2. The summed E-state index contributed by atoms with van der Waals surface area (Å²) in [6.45, 7) is 1.30. The van der Waals surface area contributed by atoms with Crippen molar-refractivity contribution < 1.29 is 22.7 Å². The fourth-order valence-corrected chi connectivity index (χ4v) is 1.89. The van der Waals surface area contributed by atoms with Crippen molar-refractivity contribution in [2.24, 2.45) is 0 Å². The molecule has 21 heavy (non-hydrogen) atoms. The zero-order chi connectivity index (χ0) is 15.9. The highest BCUT2D eigenvalue weighted by atomic mass is 79.9. The molecule has 8 heteroatoms. The first kappa shape index (κ1) is 17.9. The Morgan fingerprint density at radius 3 is 2.67 bits per heavy atom. The van der Waals surface area contributed by atoms with Crippen LogP contribution in [0.5, 0.6) is 0 Å². The van der Waals surface area contributed by atoms with Gasteiger partial charge in [-0.05, 0) is 41.4 Å². The molecular formula is C13H16BrF3N2O2. The fraction of sp³-hybridized carbons (Fsp3) is 0.538. The van der Waals surface area contributed by atoms with Gasteiger partial charge in [-0.15, -0.1) is 0 Å². The second-order valence-corrected chi connectivity index (χ2v) is 5.07. The number of ether oxygens (including phenoxy) is 1. The number of halogens is 4. The summed E-state index contributed by atoms with van der Waals surface area (Å²) in [6, 6.07) is 2.95. The van der Waals surface area contributed by atoms with Crippen molar-refractivity contribution in [1.82, 2.24) is 9.88 Å². The first-order valence-electron chi connectivity index (χ1n) is 6.39. The van der Waals surface area contributed by atoms with Gasteiger partial charge in [-0.3, -0.25) is 4.79 Å². The van der Waals surface area contributed by atoms with E-state index in [1.165, 1.54) is 18.3 Å². The minimum Gasteiger partial charge on any atom is -0.382 e. The number of carbonyl (C=O) groups excluding carboxylic acids is 1. The second-order valence-electron chi connectivity index (χ2n) is 4.26. The SMILES string of the molecule is CCOCCCN(CC(F)(F)F)C(=O)c1ccc(Br)nc1. The average molecular weight is 369 g/mol. The largest absolute Gasteiger partial charge is 0.406 e. The summed E-state index contributed by atoms with van der Waals surface area (Å²) in [5.74, 6) is -0.691. The summed E-state index contributed by atoms with van der Waals surface area (Å²) >= 11 is 3.11. The van der Waals surface area contributed by atoms with Crippen molar-refractivity contribution in [3.05, 3.63) is 28.5 Å². The Kier molecular flexibility index (Phi) is 7.10. The molecule has 0 aromatic carbocycles. The van der Waals surface area contributed by atoms with Gasteiger partial charge in [-0.1, -0.05) is 0 Å². The molecule has 1 heterocycles. The van der Waals surface area contributed by atoms with Crippen LogP contribution in [0.3, 0.4) is 0 Å². The van der Waals surface area contributed by atoms with Gasteiger partial charge in [0, 0.05) is 26.0 Å².